The molecule has 3 rings (SSSR count). The van der Waals surface area contributed by atoms with Gasteiger partial charge in [0.1, 0.15) is 20.7 Å². The van der Waals surface area contributed by atoms with Gasteiger partial charge in [0.05, 0.1) is 18.4 Å². The molecule has 0 spiro atoms. The molecule has 148 valence electrons. The minimum atomic E-state index is -1.06. The molecule has 0 unspecified atom stereocenters. The average Bonchev–Trinajstić information content (AvgIpc) is 2.94. The average molecular weight is 487 g/mol. The summed E-state index contributed by atoms with van der Waals surface area (Å²) in [5, 5.41) is 11.4. The standard InChI is InChI=1S/C19H26IN3O4/c1-5-26-14-10-16-21-11-15(20)23(16)12-13(14)19(25)6-8-22(9-7-19)17(24)27-18(2,3)4/h10-12,25H,5-9H2,1-4H3. The second-order valence-corrected chi connectivity index (χ2v) is 8.90. The van der Waals surface area contributed by atoms with E-state index in [0.29, 0.717) is 38.3 Å². The normalized spacial score (nSPS) is 17.2. The SMILES string of the molecule is CCOc1cc2ncc(I)n2cc1C1(O)CCN(C(=O)OC(C)(C)C)CC1. The summed E-state index contributed by atoms with van der Waals surface area (Å²) < 4.78 is 14.1. The number of hydrogen-bond donors (Lipinski definition) is 1. The Kier molecular flexibility index (Phi) is 5.58. The lowest BCUT2D eigenvalue weighted by molar-refractivity contribution is -0.0370. The third-order valence-corrected chi connectivity index (χ3v) is 5.41. The molecule has 7 nitrogen and oxygen atoms in total. The lowest BCUT2D eigenvalue weighted by Gasteiger charge is -2.39. The minimum absolute atomic E-state index is 0.339. The number of hydrogen-bond acceptors (Lipinski definition) is 5. The molecule has 27 heavy (non-hydrogen) atoms. The molecule has 0 bridgehead atoms. The maximum atomic E-state index is 12.3. The zero-order chi connectivity index (χ0) is 19.8. The van der Waals surface area contributed by atoms with Gasteiger partial charge in [0.2, 0.25) is 0 Å². The summed E-state index contributed by atoms with van der Waals surface area (Å²) in [6.45, 7) is 8.82. The second kappa shape index (κ2) is 7.46. The van der Waals surface area contributed by atoms with Gasteiger partial charge in [-0.25, -0.2) is 9.78 Å². The van der Waals surface area contributed by atoms with E-state index in [1.165, 1.54) is 0 Å². The van der Waals surface area contributed by atoms with Crippen molar-refractivity contribution in [3.8, 4) is 5.75 Å². The van der Waals surface area contributed by atoms with Gasteiger partial charge >= 0.3 is 6.09 Å². The summed E-state index contributed by atoms with van der Waals surface area (Å²) in [6.07, 6.45) is 4.18. The van der Waals surface area contributed by atoms with Gasteiger partial charge in [0.25, 0.3) is 0 Å². The minimum Gasteiger partial charge on any atom is -0.493 e. The van der Waals surface area contributed by atoms with Gasteiger partial charge in [-0.1, -0.05) is 0 Å². The Morgan fingerprint density at radius 2 is 2.04 bits per heavy atom. The van der Waals surface area contributed by atoms with Gasteiger partial charge in [-0.3, -0.25) is 4.40 Å². The van der Waals surface area contributed by atoms with Crippen molar-refractivity contribution in [2.24, 2.45) is 0 Å². The zero-order valence-corrected chi connectivity index (χ0v) is 18.3. The molecule has 3 heterocycles. The Balaban J connectivity index is 1.85. The molecule has 2 aromatic rings. The third kappa shape index (κ3) is 4.31. The van der Waals surface area contributed by atoms with Crippen LogP contribution >= 0.6 is 22.6 Å². The topological polar surface area (TPSA) is 76.3 Å². The number of nitrogens with zero attached hydrogens (tertiary/aromatic N) is 3. The highest BCUT2D eigenvalue weighted by Crippen LogP contribution is 2.39. The first-order chi connectivity index (χ1) is 12.6. The molecule has 0 aromatic carbocycles. The largest absolute Gasteiger partial charge is 0.493 e. The summed E-state index contributed by atoms with van der Waals surface area (Å²) in [6, 6.07) is 1.86. The lowest BCUT2D eigenvalue weighted by Crippen LogP contribution is -2.47. The lowest BCUT2D eigenvalue weighted by atomic mass is 9.85. The van der Waals surface area contributed by atoms with Crippen molar-refractivity contribution in [2.45, 2.75) is 51.7 Å². The summed E-state index contributed by atoms with van der Waals surface area (Å²) >= 11 is 2.21. The van der Waals surface area contributed by atoms with E-state index < -0.39 is 11.2 Å². The maximum Gasteiger partial charge on any atom is 0.410 e. The fourth-order valence-electron chi connectivity index (χ4n) is 3.26. The number of piperidine rings is 1. The van der Waals surface area contributed by atoms with Crippen molar-refractivity contribution in [2.75, 3.05) is 19.7 Å². The van der Waals surface area contributed by atoms with E-state index in [4.69, 9.17) is 9.47 Å². The number of ether oxygens (including phenoxy) is 2. The summed E-state index contributed by atoms with van der Waals surface area (Å²) in [4.78, 5) is 18.3. The maximum absolute atomic E-state index is 12.3. The predicted molar refractivity (Wildman–Crippen MR) is 110 cm³/mol. The molecule has 1 N–H and O–H groups in total. The van der Waals surface area contributed by atoms with E-state index in [1.54, 1.807) is 11.1 Å². The molecule has 2 aromatic heterocycles. The number of carbonyl (C=O) groups is 1. The van der Waals surface area contributed by atoms with Gasteiger partial charge in [-0.2, -0.15) is 0 Å². The van der Waals surface area contributed by atoms with Crippen LogP contribution in [0.15, 0.2) is 18.5 Å². The van der Waals surface area contributed by atoms with Crippen LogP contribution in [0.1, 0.15) is 46.1 Å². The third-order valence-electron chi connectivity index (χ3n) is 4.61. The highest BCUT2D eigenvalue weighted by Gasteiger charge is 2.39. The second-order valence-electron chi connectivity index (χ2n) is 7.79. The number of pyridine rings is 1. The molecule has 1 fully saturated rings. The monoisotopic (exact) mass is 487 g/mol. The van der Waals surface area contributed by atoms with Gasteiger partial charge in [0.15, 0.2) is 0 Å². The Hall–Kier alpha value is -1.55. The Bertz CT molecular complexity index is 835. The molecule has 1 aliphatic rings. The number of likely N-dealkylation sites (tertiary alicyclic amines) is 1. The van der Waals surface area contributed by atoms with E-state index >= 15 is 0 Å². The number of imidazole rings is 1. The van der Waals surface area contributed by atoms with Crippen molar-refractivity contribution in [1.29, 1.82) is 0 Å². The number of rotatable bonds is 3. The molecule has 0 aliphatic carbocycles. The van der Waals surface area contributed by atoms with Crippen LogP contribution < -0.4 is 4.74 Å². The van der Waals surface area contributed by atoms with Crippen LogP contribution in [-0.2, 0) is 10.3 Å². The smallest absolute Gasteiger partial charge is 0.410 e. The van der Waals surface area contributed by atoms with Crippen LogP contribution in [0.25, 0.3) is 5.65 Å². The molecular weight excluding hydrogens is 461 g/mol. The molecule has 1 aliphatic heterocycles. The highest BCUT2D eigenvalue weighted by molar-refractivity contribution is 14.1. The fourth-order valence-corrected chi connectivity index (χ4v) is 3.78. The number of aliphatic hydroxyl groups is 1. The Labute approximate surface area is 172 Å². The van der Waals surface area contributed by atoms with Crippen molar-refractivity contribution in [3.63, 3.8) is 0 Å². The highest BCUT2D eigenvalue weighted by atomic mass is 127. The summed E-state index contributed by atoms with van der Waals surface area (Å²) in [5.41, 5.74) is -0.0845. The quantitative estimate of drug-likeness (QED) is 0.671. The van der Waals surface area contributed by atoms with Gasteiger partial charge in [0, 0.05) is 30.9 Å². The number of carbonyl (C=O) groups excluding carboxylic acids is 1. The van der Waals surface area contributed by atoms with Crippen LogP contribution in [0.5, 0.6) is 5.75 Å². The molecule has 1 amide bonds. The predicted octanol–water partition coefficient (Wildman–Crippen LogP) is 3.56. The van der Waals surface area contributed by atoms with Crippen LogP contribution in [0.2, 0.25) is 0 Å². The van der Waals surface area contributed by atoms with Gasteiger partial charge in [-0.05, 0) is 63.1 Å². The van der Waals surface area contributed by atoms with Gasteiger partial charge < -0.3 is 19.5 Å². The van der Waals surface area contributed by atoms with E-state index in [0.717, 1.165) is 14.9 Å². The Morgan fingerprint density at radius 1 is 1.37 bits per heavy atom. The molecule has 8 heteroatoms. The van der Waals surface area contributed by atoms with Crippen LogP contribution in [0.3, 0.4) is 0 Å². The number of halogens is 1. The first kappa shape index (κ1) is 20.2. The number of aromatic nitrogens is 2. The fraction of sp³-hybridized carbons (Fsp3) is 0.579. The van der Waals surface area contributed by atoms with Crippen molar-refractivity contribution in [3.05, 3.63) is 27.7 Å². The number of fused-ring (bicyclic) bond motifs is 1. The molecule has 0 atom stereocenters. The molecule has 0 radical (unpaired) electrons. The van der Waals surface area contributed by atoms with Crippen molar-refractivity contribution in [1.82, 2.24) is 14.3 Å². The van der Waals surface area contributed by atoms with E-state index in [2.05, 4.69) is 27.6 Å². The van der Waals surface area contributed by atoms with Crippen LogP contribution in [-0.4, -0.2) is 50.8 Å². The van der Waals surface area contributed by atoms with Crippen molar-refractivity contribution < 1.29 is 19.4 Å². The first-order valence-corrected chi connectivity index (χ1v) is 10.2. The first-order valence-electron chi connectivity index (χ1n) is 9.13. The summed E-state index contributed by atoms with van der Waals surface area (Å²) in [7, 11) is 0. The van der Waals surface area contributed by atoms with E-state index in [1.807, 2.05) is 44.4 Å². The van der Waals surface area contributed by atoms with Crippen LogP contribution in [0.4, 0.5) is 4.79 Å². The van der Waals surface area contributed by atoms with E-state index in [-0.39, 0.29) is 6.09 Å². The van der Waals surface area contributed by atoms with Gasteiger partial charge in [-0.15, -0.1) is 0 Å². The van der Waals surface area contributed by atoms with Crippen LogP contribution in [0, 0.1) is 3.70 Å². The molecule has 0 saturated carbocycles. The number of amides is 1. The van der Waals surface area contributed by atoms with Crippen molar-refractivity contribution >= 4 is 34.3 Å². The molecular formula is C19H26IN3O4. The molecule has 1 saturated heterocycles. The van der Waals surface area contributed by atoms with E-state index in [9.17, 15) is 9.90 Å². The Morgan fingerprint density at radius 3 is 2.63 bits per heavy atom. The zero-order valence-electron chi connectivity index (χ0n) is 16.2. The summed E-state index contributed by atoms with van der Waals surface area (Å²) in [5.74, 6) is 0.639.